The van der Waals surface area contributed by atoms with Crippen LogP contribution in [0.5, 0.6) is 0 Å². The van der Waals surface area contributed by atoms with Crippen LogP contribution in [0.15, 0.2) is 18.2 Å². The number of nitrogens with one attached hydrogen (secondary N) is 1. The van der Waals surface area contributed by atoms with Gasteiger partial charge in [0.25, 0.3) is 0 Å². The van der Waals surface area contributed by atoms with E-state index in [1.165, 1.54) is 22.2 Å². The highest BCUT2D eigenvalue weighted by molar-refractivity contribution is 6.31. The van der Waals surface area contributed by atoms with E-state index in [0.29, 0.717) is 6.04 Å². The molecule has 1 aromatic heterocycles. The number of nitrogens with zero attached hydrogens (tertiary/aromatic N) is 1. The number of fused-ring (bicyclic) bond motifs is 3. The van der Waals surface area contributed by atoms with E-state index in [4.69, 9.17) is 11.6 Å². The van der Waals surface area contributed by atoms with Gasteiger partial charge < -0.3 is 9.88 Å². The molecule has 1 atom stereocenters. The quantitative estimate of drug-likeness (QED) is 0.742. The number of benzene rings is 1. The van der Waals surface area contributed by atoms with Crippen LogP contribution in [-0.4, -0.2) is 10.6 Å². The molecule has 0 radical (unpaired) electrons. The lowest BCUT2D eigenvalue weighted by Gasteiger charge is -2.21. The van der Waals surface area contributed by atoms with E-state index in [9.17, 15) is 0 Å². The maximum atomic E-state index is 6.05. The average Bonchev–Trinajstić information content (AvgIpc) is 2.52. The second kappa shape index (κ2) is 3.51. The largest absolute Gasteiger partial charge is 0.346 e. The average molecular weight is 235 g/mol. The molecule has 0 fully saturated rings. The van der Waals surface area contributed by atoms with E-state index < -0.39 is 0 Å². The zero-order chi connectivity index (χ0) is 11.3. The van der Waals surface area contributed by atoms with Crippen molar-refractivity contribution in [1.82, 2.24) is 9.88 Å². The molecule has 0 spiro atoms. The first kappa shape index (κ1) is 10.2. The molecule has 0 bridgehead atoms. The third kappa shape index (κ3) is 1.37. The monoisotopic (exact) mass is 234 g/mol. The van der Waals surface area contributed by atoms with E-state index in [-0.39, 0.29) is 0 Å². The molecule has 0 amide bonds. The summed E-state index contributed by atoms with van der Waals surface area (Å²) in [5, 5.41) is 5.67. The van der Waals surface area contributed by atoms with Crippen LogP contribution in [0.2, 0.25) is 5.02 Å². The lowest BCUT2D eigenvalue weighted by Crippen LogP contribution is -2.33. The molecular weight excluding hydrogens is 220 g/mol. The fourth-order valence-electron chi connectivity index (χ4n) is 2.64. The first-order valence-corrected chi connectivity index (χ1v) is 6.03. The van der Waals surface area contributed by atoms with Crippen LogP contribution in [0, 0.1) is 0 Å². The lowest BCUT2D eigenvalue weighted by molar-refractivity contribution is 0.501. The Kier molecular flexibility index (Phi) is 2.23. The predicted octanol–water partition coefficient (Wildman–Crippen LogP) is 2.87. The van der Waals surface area contributed by atoms with Crippen LogP contribution in [0.1, 0.15) is 18.2 Å². The Morgan fingerprint density at radius 2 is 2.25 bits per heavy atom. The van der Waals surface area contributed by atoms with Gasteiger partial charge in [-0.3, -0.25) is 0 Å². The summed E-state index contributed by atoms with van der Waals surface area (Å²) in [6.07, 6.45) is 1.11. The van der Waals surface area contributed by atoms with Gasteiger partial charge in [0.05, 0.1) is 0 Å². The highest BCUT2D eigenvalue weighted by Gasteiger charge is 2.21. The highest BCUT2D eigenvalue weighted by atomic mass is 35.5. The smallest absolute Gasteiger partial charge is 0.0498 e. The summed E-state index contributed by atoms with van der Waals surface area (Å²) in [4.78, 5) is 0. The molecule has 3 heteroatoms. The fraction of sp³-hybridized carbons (Fsp3) is 0.385. The minimum absolute atomic E-state index is 0.564. The molecule has 1 N–H and O–H groups in total. The summed E-state index contributed by atoms with van der Waals surface area (Å²) in [7, 11) is 2.12. The van der Waals surface area contributed by atoms with Gasteiger partial charge in [-0.25, -0.2) is 0 Å². The fourth-order valence-corrected chi connectivity index (χ4v) is 2.81. The molecule has 1 aromatic carbocycles. The maximum Gasteiger partial charge on any atom is 0.0498 e. The lowest BCUT2D eigenvalue weighted by atomic mass is 10.00. The Hall–Kier alpha value is -0.990. The Bertz CT molecular complexity index is 557. The van der Waals surface area contributed by atoms with Crippen molar-refractivity contribution in [2.24, 2.45) is 7.05 Å². The van der Waals surface area contributed by atoms with Gasteiger partial charge in [0.2, 0.25) is 0 Å². The molecule has 2 nitrogen and oxygen atoms in total. The normalized spacial score (nSPS) is 20.1. The zero-order valence-corrected chi connectivity index (χ0v) is 10.3. The topological polar surface area (TPSA) is 17.0 Å². The standard InChI is InChI=1S/C13H15ClN2/c1-8-5-11-10-4-3-9(14)6-12(10)16(2)13(11)7-15-8/h3-4,6,8,15H,5,7H2,1-2H3. The highest BCUT2D eigenvalue weighted by Crippen LogP contribution is 2.30. The molecule has 2 aromatic rings. The van der Waals surface area contributed by atoms with Gasteiger partial charge >= 0.3 is 0 Å². The Morgan fingerprint density at radius 1 is 1.44 bits per heavy atom. The van der Waals surface area contributed by atoms with Crippen molar-refractivity contribution in [2.75, 3.05) is 0 Å². The van der Waals surface area contributed by atoms with Crippen molar-refractivity contribution in [1.29, 1.82) is 0 Å². The van der Waals surface area contributed by atoms with Crippen molar-refractivity contribution in [3.8, 4) is 0 Å². The van der Waals surface area contributed by atoms with E-state index >= 15 is 0 Å². The molecule has 16 heavy (non-hydrogen) atoms. The Morgan fingerprint density at radius 3 is 3.06 bits per heavy atom. The number of hydrogen-bond donors (Lipinski definition) is 1. The second-order valence-electron chi connectivity index (χ2n) is 4.63. The van der Waals surface area contributed by atoms with E-state index in [2.05, 4.69) is 36.0 Å². The molecule has 1 aliphatic heterocycles. The third-order valence-corrected chi connectivity index (χ3v) is 3.76. The molecule has 1 unspecified atom stereocenters. The molecule has 3 rings (SSSR count). The van der Waals surface area contributed by atoms with E-state index in [1.54, 1.807) is 0 Å². The number of halogens is 1. The summed E-state index contributed by atoms with van der Waals surface area (Å²) in [6.45, 7) is 3.19. The molecule has 84 valence electrons. The molecule has 0 saturated carbocycles. The van der Waals surface area contributed by atoms with Gasteiger partial charge in [-0.15, -0.1) is 0 Å². The second-order valence-corrected chi connectivity index (χ2v) is 5.07. The summed E-state index contributed by atoms with van der Waals surface area (Å²) in [5.41, 5.74) is 4.13. The van der Waals surface area contributed by atoms with Crippen LogP contribution in [-0.2, 0) is 20.0 Å². The summed E-state index contributed by atoms with van der Waals surface area (Å²) >= 11 is 6.05. The first-order chi connectivity index (χ1) is 7.66. The van der Waals surface area contributed by atoms with Gasteiger partial charge in [-0.1, -0.05) is 17.7 Å². The minimum Gasteiger partial charge on any atom is -0.346 e. The van der Waals surface area contributed by atoms with Gasteiger partial charge in [-0.2, -0.15) is 0 Å². The number of rotatable bonds is 0. The Labute approximate surface area is 100 Å². The molecule has 2 heterocycles. The van der Waals surface area contributed by atoms with Crippen LogP contribution < -0.4 is 5.32 Å². The van der Waals surface area contributed by atoms with Gasteiger partial charge in [-0.05, 0) is 31.0 Å². The van der Waals surface area contributed by atoms with Crippen LogP contribution in [0.3, 0.4) is 0 Å². The van der Waals surface area contributed by atoms with Crippen molar-refractivity contribution >= 4 is 22.5 Å². The van der Waals surface area contributed by atoms with Crippen molar-refractivity contribution in [3.05, 3.63) is 34.5 Å². The molecule has 0 saturated heterocycles. The minimum atomic E-state index is 0.564. The zero-order valence-electron chi connectivity index (χ0n) is 9.55. The molecular formula is C13H15ClN2. The number of aryl methyl sites for hydroxylation is 1. The van der Waals surface area contributed by atoms with Crippen LogP contribution >= 0.6 is 11.6 Å². The third-order valence-electron chi connectivity index (χ3n) is 3.53. The van der Waals surface area contributed by atoms with Crippen LogP contribution in [0.4, 0.5) is 0 Å². The first-order valence-electron chi connectivity index (χ1n) is 5.66. The van der Waals surface area contributed by atoms with Gasteiger partial charge in [0.15, 0.2) is 0 Å². The predicted molar refractivity (Wildman–Crippen MR) is 67.9 cm³/mol. The van der Waals surface area contributed by atoms with E-state index in [0.717, 1.165) is 18.0 Å². The maximum absolute atomic E-state index is 6.05. The number of aromatic nitrogens is 1. The van der Waals surface area contributed by atoms with Gasteiger partial charge in [0, 0.05) is 41.3 Å². The van der Waals surface area contributed by atoms with Gasteiger partial charge in [0.1, 0.15) is 0 Å². The van der Waals surface area contributed by atoms with E-state index in [1.807, 2.05) is 6.07 Å². The molecule has 0 aliphatic carbocycles. The van der Waals surface area contributed by atoms with Crippen molar-refractivity contribution < 1.29 is 0 Å². The van der Waals surface area contributed by atoms with Crippen molar-refractivity contribution in [2.45, 2.75) is 25.9 Å². The molecule has 1 aliphatic rings. The summed E-state index contributed by atoms with van der Waals surface area (Å²) in [6, 6.07) is 6.75. The summed E-state index contributed by atoms with van der Waals surface area (Å²) in [5.74, 6) is 0. The Balaban J connectivity index is 2.32. The van der Waals surface area contributed by atoms with Crippen LogP contribution in [0.25, 0.3) is 10.9 Å². The van der Waals surface area contributed by atoms with Crippen molar-refractivity contribution in [3.63, 3.8) is 0 Å². The summed E-state index contributed by atoms with van der Waals surface area (Å²) < 4.78 is 2.26. The SMILES string of the molecule is CC1Cc2c(n(C)c3cc(Cl)ccc23)CN1. The number of hydrogen-bond acceptors (Lipinski definition) is 1.